The zero-order chi connectivity index (χ0) is 18.4. The van der Waals surface area contributed by atoms with Crippen LogP contribution in [0.2, 0.25) is 0 Å². The van der Waals surface area contributed by atoms with Gasteiger partial charge in [0.05, 0.1) is 15.4 Å². The van der Waals surface area contributed by atoms with Crippen LogP contribution in [0.5, 0.6) is 0 Å². The third-order valence-electron chi connectivity index (χ3n) is 3.01. The van der Waals surface area contributed by atoms with Gasteiger partial charge in [-0.1, -0.05) is 0 Å². The van der Waals surface area contributed by atoms with Crippen molar-refractivity contribution in [3.05, 3.63) is 74.3 Å². The van der Waals surface area contributed by atoms with Crippen LogP contribution in [0.1, 0.15) is 10.4 Å². The maximum absolute atomic E-state index is 11.8. The number of benzene rings is 2. The van der Waals surface area contributed by atoms with Gasteiger partial charge in [-0.25, -0.2) is 4.79 Å². The summed E-state index contributed by atoms with van der Waals surface area (Å²) in [5.41, 5.74) is 0.0748. The minimum absolute atomic E-state index is 0.0636. The van der Waals surface area contributed by atoms with E-state index in [1.54, 1.807) is 0 Å². The van der Waals surface area contributed by atoms with E-state index in [4.69, 9.17) is 4.74 Å². The minimum atomic E-state index is -0.811. The predicted octanol–water partition coefficient (Wildman–Crippen LogP) is 2.30. The molecule has 0 atom stereocenters. The lowest BCUT2D eigenvalue weighted by atomic mass is 10.2. The Labute approximate surface area is 140 Å². The van der Waals surface area contributed by atoms with Gasteiger partial charge in [-0.2, -0.15) is 0 Å². The number of esters is 1. The van der Waals surface area contributed by atoms with Gasteiger partial charge in [-0.05, 0) is 24.3 Å². The Hall–Kier alpha value is -3.82. The average molecular weight is 345 g/mol. The largest absolute Gasteiger partial charge is 0.452 e. The number of nitro benzene ring substituents is 2. The molecular weight excluding hydrogens is 334 g/mol. The average Bonchev–Trinajstić information content (AvgIpc) is 2.60. The molecule has 10 heteroatoms. The number of nitro groups is 2. The van der Waals surface area contributed by atoms with Gasteiger partial charge in [0.1, 0.15) is 0 Å². The molecule has 0 saturated heterocycles. The molecular formula is C15H11N3O7. The lowest BCUT2D eigenvalue weighted by Gasteiger charge is -2.06. The predicted molar refractivity (Wildman–Crippen MR) is 85.1 cm³/mol. The quantitative estimate of drug-likeness (QED) is 0.481. The molecule has 2 rings (SSSR count). The Kier molecular flexibility index (Phi) is 5.36. The fraction of sp³-hybridized carbons (Fsp3) is 0.0667. The van der Waals surface area contributed by atoms with E-state index in [0.29, 0.717) is 5.69 Å². The highest BCUT2D eigenvalue weighted by molar-refractivity contribution is 5.95. The third-order valence-corrected chi connectivity index (χ3v) is 3.01. The zero-order valence-electron chi connectivity index (χ0n) is 12.6. The molecule has 1 N–H and O–H groups in total. The molecule has 0 fully saturated rings. The van der Waals surface area contributed by atoms with Crippen molar-refractivity contribution in [1.29, 1.82) is 0 Å². The Morgan fingerprint density at radius 2 is 1.36 bits per heavy atom. The molecule has 0 spiro atoms. The van der Waals surface area contributed by atoms with Gasteiger partial charge in [0.15, 0.2) is 6.61 Å². The Morgan fingerprint density at radius 3 is 1.84 bits per heavy atom. The van der Waals surface area contributed by atoms with Crippen molar-refractivity contribution in [1.82, 2.24) is 0 Å². The summed E-state index contributed by atoms with van der Waals surface area (Å²) in [7, 11) is 0. The van der Waals surface area contributed by atoms with Gasteiger partial charge in [0.2, 0.25) is 0 Å². The van der Waals surface area contributed by atoms with Crippen LogP contribution >= 0.6 is 0 Å². The maximum Gasteiger partial charge on any atom is 0.338 e. The molecule has 0 aromatic heterocycles. The number of hydrogen-bond donors (Lipinski definition) is 1. The number of ether oxygens (including phenoxy) is 1. The van der Waals surface area contributed by atoms with E-state index in [1.807, 2.05) is 0 Å². The SMILES string of the molecule is O=C(COC(=O)c1ccc([N+](=O)[O-])cc1)Nc1ccc([N+](=O)[O-])cc1. The highest BCUT2D eigenvalue weighted by Gasteiger charge is 2.13. The van der Waals surface area contributed by atoms with E-state index in [9.17, 15) is 29.8 Å². The summed E-state index contributed by atoms with van der Waals surface area (Å²) < 4.78 is 4.80. The molecule has 0 heterocycles. The summed E-state index contributed by atoms with van der Waals surface area (Å²) in [5.74, 6) is -1.45. The van der Waals surface area contributed by atoms with E-state index in [-0.39, 0.29) is 16.9 Å². The lowest BCUT2D eigenvalue weighted by Crippen LogP contribution is -2.20. The summed E-state index contributed by atoms with van der Waals surface area (Å²) in [4.78, 5) is 43.3. The van der Waals surface area contributed by atoms with Crippen molar-refractivity contribution in [2.24, 2.45) is 0 Å². The summed E-state index contributed by atoms with van der Waals surface area (Å²) in [5, 5.41) is 23.5. The molecule has 0 aliphatic carbocycles. The highest BCUT2D eigenvalue weighted by Crippen LogP contribution is 2.15. The molecule has 0 aliphatic rings. The molecule has 2 aromatic rings. The van der Waals surface area contributed by atoms with Crippen LogP contribution in [-0.4, -0.2) is 28.3 Å². The Bertz CT molecular complexity index is 816. The summed E-state index contributed by atoms with van der Waals surface area (Å²) in [6.45, 7) is -0.577. The van der Waals surface area contributed by atoms with Crippen molar-refractivity contribution in [3.63, 3.8) is 0 Å². The van der Waals surface area contributed by atoms with Crippen LogP contribution in [0.4, 0.5) is 17.1 Å². The second-order valence-corrected chi connectivity index (χ2v) is 4.73. The van der Waals surface area contributed by atoms with Crippen molar-refractivity contribution in [2.45, 2.75) is 0 Å². The van der Waals surface area contributed by atoms with E-state index >= 15 is 0 Å². The van der Waals surface area contributed by atoms with E-state index in [2.05, 4.69) is 5.32 Å². The van der Waals surface area contributed by atoms with Crippen LogP contribution < -0.4 is 5.32 Å². The second-order valence-electron chi connectivity index (χ2n) is 4.73. The van der Waals surface area contributed by atoms with Gasteiger partial charge in [-0.3, -0.25) is 25.0 Å². The molecule has 0 radical (unpaired) electrons. The van der Waals surface area contributed by atoms with Crippen LogP contribution in [0.15, 0.2) is 48.5 Å². The van der Waals surface area contributed by atoms with Crippen molar-refractivity contribution in [2.75, 3.05) is 11.9 Å². The molecule has 128 valence electrons. The molecule has 1 amide bonds. The number of carbonyl (C=O) groups excluding carboxylic acids is 2. The summed E-state index contributed by atoms with van der Waals surface area (Å²) in [6, 6.07) is 9.85. The first-order valence-electron chi connectivity index (χ1n) is 6.82. The minimum Gasteiger partial charge on any atom is -0.452 e. The Balaban J connectivity index is 1.87. The van der Waals surface area contributed by atoms with Crippen LogP contribution in [-0.2, 0) is 9.53 Å². The third kappa shape index (κ3) is 4.82. The second kappa shape index (κ2) is 7.64. The standard InChI is InChI=1S/C15H11N3O7/c19-14(16-11-3-7-13(8-4-11)18(23)24)9-25-15(20)10-1-5-12(6-2-10)17(21)22/h1-8H,9H2,(H,16,19). The maximum atomic E-state index is 11.8. The smallest absolute Gasteiger partial charge is 0.338 e. The molecule has 0 unspecified atom stereocenters. The monoisotopic (exact) mass is 345 g/mol. The molecule has 2 aromatic carbocycles. The number of nitrogens with zero attached hydrogens (tertiary/aromatic N) is 2. The van der Waals surface area contributed by atoms with Crippen molar-refractivity contribution in [3.8, 4) is 0 Å². The summed E-state index contributed by atoms with van der Waals surface area (Å²) in [6.07, 6.45) is 0. The number of amides is 1. The van der Waals surface area contributed by atoms with Crippen molar-refractivity contribution >= 4 is 28.9 Å². The molecule has 0 saturated carbocycles. The number of rotatable bonds is 6. The van der Waals surface area contributed by atoms with Gasteiger partial charge in [0.25, 0.3) is 17.3 Å². The first-order valence-corrected chi connectivity index (χ1v) is 6.82. The van der Waals surface area contributed by atoms with Crippen LogP contribution in [0.3, 0.4) is 0 Å². The molecule has 0 aliphatic heterocycles. The first kappa shape index (κ1) is 17.5. The fourth-order valence-electron chi connectivity index (χ4n) is 1.80. The molecule has 0 bridgehead atoms. The fourth-order valence-corrected chi connectivity index (χ4v) is 1.80. The van der Waals surface area contributed by atoms with Gasteiger partial charge in [-0.15, -0.1) is 0 Å². The van der Waals surface area contributed by atoms with E-state index in [0.717, 1.165) is 12.1 Å². The molecule has 25 heavy (non-hydrogen) atoms. The topological polar surface area (TPSA) is 142 Å². The number of hydrogen-bond acceptors (Lipinski definition) is 7. The Morgan fingerprint density at radius 1 is 0.880 bits per heavy atom. The normalized spacial score (nSPS) is 9.92. The number of anilines is 1. The lowest BCUT2D eigenvalue weighted by molar-refractivity contribution is -0.385. The first-order chi connectivity index (χ1) is 11.9. The van der Waals surface area contributed by atoms with Gasteiger partial charge >= 0.3 is 5.97 Å². The van der Waals surface area contributed by atoms with Gasteiger partial charge in [0, 0.05) is 30.0 Å². The highest BCUT2D eigenvalue weighted by atomic mass is 16.6. The van der Waals surface area contributed by atoms with E-state index in [1.165, 1.54) is 36.4 Å². The summed E-state index contributed by atoms with van der Waals surface area (Å²) >= 11 is 0. The van der Waals surface area contributed by atoms with Gasteiger partial charge < -0.3 is 10.1 Å². The number of non-ortho nitro benzene ring substituents is 2. The molecule has 10 nitrogen and oxygen atoms in total. The van der Waals surface area contributed by atoms with E-state index < -0.39 is 28.3 Å². The van der Waals surface area contributed by atoms with Crippen molar-refractivity contribution < 1.29 is 24.2 Å². The van der Waals surface area contributed by atoms with Crippen LogP contribution in [0.25, 0.3) is 0 Å². The number of nitrogens with one attached hydrogen (secondary N) is 1. The zero-order valence-corrected chi connectivity index (χ0v) is 12.6. The van der Waals surface area contributed by atoms with Crippen LogP contribution in [0, 0.1) is 20.2 Å². The number of carbonyl (C=O) groups is 2.